The van der Waals surface area contributed by atoms with Gasteiger partial charge in [0, 0.05) is 52.4 Å². The SMILES string of the molecule is CN(C)C(=O)n1c(=O)ccc2ccc(OCCCCN3CCN(c4cccc(Cl)c4Cl)CC3)cc21. The van der Waals surface area contributed by atoms with Crippen LogP contribution in [0.4, 0.5) is 10.5 Å². The molecule has 0 N–H and O–H groups in total. The molecule has 0 unspecified atom stereocenters. The van der Waals surface area contributed by atoms with Crippen LogP contribution in [-0.4, -0.2) is 73.8 Å². The summed E-state index contributed by atoms with van der Waals surface area (Å²) >= 11 is 12.5. The van der Waals surface area contributed by atoms with Gasteiger partial charge in [-0.2, -0.15) is 0 Å². The first kappa shape index (κ1) is 25.4. The second-order valence-electron chi connectivity index (χ2n) is 8.86. The number of aromatic nitrogens is 1. The number of hydrogen-bond donors (Lipinski definition) is 0. The molecule has 3 aromatic rings. The highest BCUT2D eigenvalue weighted by molar-refractivity contribution is 6.43. The number of carbonyl (C=O) groups excluding carboxylic acids is 1. The monoisotopic (exact) mass is 516 g/mol. The number of ether oxygens (including phenoxy) is 1. The molecule has 1 aliphatic rings. The van der Waals surface area contributed by atoms with Crippen molar-refractivity contribution in [3.05, 3.63) is 68.9 Å². The molecule has 1 amide bonds. The molecule has 0 bridgehead atoms. The number of hydrogen-bond acceptors (Lipinski definition) is 5. The van der Waals surface area contributed by atoms with Gasteiger partial charge in [0.05, 0.1) is 27.9 Å². The average Bonchev–Trinajstić information content (AvgIpc) is 2.85. The topological polar surface area (TPSA) is 58.0 Å². The molecule has 35 heavy (non-hydrogen) atoms. The predicted molar refractivity (Wildman–Crippen MR) is 143 cm³/mol. The first-order valence-electron chi connectivity index (χ1n) is 11.8. The Bertz CT molecular complexity index is 1250. The van der Waals surface area contributed by atoms with E-state index in [1.165, 1.54) is 15.5 Å². The Hall–Kier alpha value is -2.74. The minimum absolute atomic E-state index is 0.355. The van der Waals surface area contributed by atoms with Crippen molar-refractivity contribution in [2.24, 2.45) is 0 Å². The molecule has 4 rings (SSSR count). The molecule has 0 saturated carbocycles. The number of amides is 1. The number of halogens is 2. The van der Waals surface area contributed by atoms with E-state index in [4.69, 9.17) is 27.9 Å². The van der Waals surface area contributed by atoms with Crippen LogP contribution in [0.15, 0.2) is 53.3 Å². The lowest BCUT2D eigenvalue weighted by atomic mass is 10.2. The van der Waals surface area contributed by atoms with Crippen molar-refractivity contribution in [2.75, 3.05) is 58.3 Å². The van der Waals surface area contributed by atoms with Gasteiger partial charge in [0.15, 0.2) is 0 Å². The van der Waals surface area contributed by atoms with E-state index in [9.17, 15) is 9.59 Å². The zero-order chi connectivity index (χ0) is 24.9. The summed E-state index contributed by atoms with van der Waals surface area (Å²) in [6.07, 6.45) is 1.94. The normalized spacial score (nSPS) is 14.3. The summed E-state index contributed by atoms with van der Waals surface area (Å²) in [5, 5.41) is 2.02. The molecular formula is C26H30Cl2N4O3. The number of pyridine rings is 1. The number of anilines is 1. The Labute approximate surface area is 215 Å². The highest BCUT2D eigenvalue weighted by Crippen LogP contribution is 2.32. The van der Waals surface area contributed by atoms with Crippen LogP contribution < -0.4 is 15.2 Å². The van der Waals surface area contributed by atoms with E-state index in [2.05, 4.69) is 9.80 Å². The fourth-order valence-electron chi connectivity index (χ4n) is 4.28. The molecule has 2 heterocycles. The van der Waals surface area contributed by atoms with Gasteiger partial charge in [-0.3, -0.25) is 9.69 Å². The molecular weight excluding hydrogens is 487 g/mol. The predicted octanol–water partition coefficient (Wildman–Crippen LogP) is 4.82. The summed E-state index contributed by atoms with van der Waals surface area (Å²) in [7, 11) is 3.25. The maximum Gasteiger partial charge on any atom is 0.331 e. The smallest absolute Gasteiger partial charge is 0.331 e. The molecule has 9 heteroatoms. The summed E-state index contributed by atoms with van der Waals surface area (Å²) in [5.41, 5.74) is 1.19. The van der Waals surface area contributed by atoms with Gasteiger partial charge in [0.2, 0.25) is 0 Å². The summed E-state index contributed by atoms with van der Waals surface area (Å²) in [5.74, 6) is 0.649. The zero-order valence-electron chi connectivity index (χ0n) is 20.0. The number of fused-ring (bicyclic) bond motifs is 1. The molecule has 0 radical (unpaired) electrons. The second-order valence-corrected chi connectivity index (χ2v) is 9.65. The molecule has 1 aliphatic heterocycles. The lowest BCUT2D eigenvalue weighted by molar-refractivity contribution is 0.219. The van der Waals surface area contributed by atoms with E-state index in [0.29, 0.717) is 27.9 Å². The minimum atomic E-state index is -0.379. The highest BCUT2D eigenvalue weighted by atomic mass is 35.5. The van der Waals surface area contributed by atoms with E-state index in [0.717, 1.165) is 56.6 Å². The van der Waals surface area contributed by atoms with Gasteiger partial charge < -0.3 is 14.5 Å². The first-order chi connectivity index (χ1) is 16.8. The maximum absolute atomic E-state index is 12.5. The number of piperazine rings is 1. The molecule has 0 atom stereocenters. The van der Waals surface area contributed by atoms with Gasteiger partial charge in [-0.1, -0.05) is 29.3 Å². The van der Waals surface area contributed by atoms with Gasteiger partial charge in [-0.15, -0.1) is 0 Å². The van der Waals surface area contributed by atoms with Crippen molar-refractivity contribution in [2.45, 2.75) is 12.8 Å². The van der Waals surface area contributed by atoms with Gasteiger partial charge in [0.1, 0.15) is 5.75 Å². The lowest BCUT2D eigenvalue weighted by Gasteiger charge is -2.36. The van der Waals surface area contributed by atoms with Crippen LogP contribution in [0.1, 0.15) is 12.8 Å². The van der Waals surface area contributed by atoms with E-state index < -0.39 is 0 Å². The fraction of sp³-hybridized carbons (Fsp3) is 0.385. The number of nitrogens with zero attached hydrogens (tertiary/aromatic N) is 4. The third kappa shape index (κ3) is 5.92. The average molecular weight is 517 g/mol. The Balaban J connectivity index is 1.26. The number of benzene rings is 2. The first-order valence-corrected chi connectivity index (χ1v) is 12.5. The third-order valence-corrected chi connectivity index (χ3v) is 7.03. The van der Waals surface area contributed by atoms with Crippen LogP contribution in [0, 0.1) is 0 Å². The summed E-state index contributed by atoms with van der Waals surface area (Å²) < 4.78 is 7.12. The Morgan fingerprint density at radius 1 is 1.00 bits per heavy atom. The van der Waals surface area contributed by atoms with Crippen molar-refractivity contribution >= 4 is 45.8 Å². The fourth-order valence-corrected chi connectivity index (χ4v) is 4.69. The van der Waals surface area contributed by atoms with Crippen LogP contribution in [0.25, 0.3) is 10.9 Å². The number of unbranched alkanes of at least 4 members (excludes halogenated alkanes) is 1. The molecule has 0 aliphatic carbocycles. The van der Waals surface area contributed by atoms with Crippen molar-refractivity contribution in [3.63, 3.8) is 0 Å². The second kappa shape index (κ2) is 11.3. The van der Waals surface area contributed by atoms with Gasteiger partial charge in [-0.25, -0.2) is 9.36 Å². The number of rotatable bonds is 7. The highest BCUT2D eigenvalue weighted by Gasteiger charge is 2.19. The van der Waals surface area contributed by atoms with E-state index in [1.807, 2.05) is 30.3 Å². The zero-order valence-corrected chi connectivity index (χ0v) is 21.6. The molecule has 0 spiro atoms. The molecule has 1 fully saturated rings. The third-order valence-electron chi connectivity index (χ3n) is 6.22. The largest absolute Gasteiger partial charge is 0.494 e. The molecule has 7 nitrogen and oxygen atoms in total. The summed E-state index contributed by atoms with van der Waals surface area (Å²) in [4.78, 5) is 31.0. The Morgan fingerprint density at radius 2 is 1.74 bits per heavy atom. The van der Waals surface area contributed by atoms with Crippen molar-refractivity contribution < 1.29 is 9.53 Å². The van der Waals surface area contributed by atoms with Crippen LogP contribution in [0.5, 0.6) is 5.75 Å². The summed E-state index contributed by atoms with van der Waals surface area (Å²) in [6.45, 7) is 5.37. The van der Waals surface area contributed by atoms with Gasteiger partial charge in [-0.05, 0) is 55.1 Å². The molecule has 186 valence electrons. The van der Waals surface area contributed by atoms with E-state index >= 15 is 0 Å². The molecule has 1 aromatic heterocycles. The van der Waals surface area contributed by atoms with Crippen LogP contribution in [0.3, 0.4) is 0 Å². The van der Waals surface area contributed by atoms with Crippen molar-refractivity contribution in [1.82, 2.24) is 14.4 Å². The molecule has 1 saturated heterocycles. The van der Waals surface area contributed by atoms with Crippen LogP contribution >= 0.6 is 23.2 Å². The quantitative estimate of drug-likeness (QED) is 0.421. The van der Waals surface area contributed by atoms with E-state index in [-0.39, 0.29) is 11.6 Å². The Morgan fingerprint density at radius 3 is 2.49 bits per heavy atom. The maximum atomic E-state index is 12.5. The lowest BCUT2D eigenvalue weighted by Crippen LogP contribution is -2.46. The van der Waals surface area contributed by atoms with Gasteiger partial charge >= 0.3 is 6.03 Å². The van der Waals surface area contributed by atoms with Gasteiger partial charge in [0.25, 0.3) is 5.56 Å². The van der Waals surface area contributed by atoms with Crippen LogP contribution in [0.2, 0.25) is 10.0 Å². The van der Waals surface area contributed by atoms with E-state index in [1.54, 1.807) is 26.2 Å². The van der Waals surface area contributed by atoms with Crippen LogP contribution in [-0.2, 0) is 0 Å². The Kier molecular flexibility index (Phi) is 8.21. The van der Waals surface area contributed by atoms with Crippen molar-refractivity contribution in [3.8, 4) is 5.75 Å². The minimum Gasteiger partial charge on any atom is -0.494 e. The number of carbonyl (C=O) groups is 1. The standard InChI is InChI=1S/C26H30Cl2N4O3/c1-29(2)26(34)32-23-18-20(10-8-19(23)9-11-24(32)33)35-17-4-3-12-30-13-15-31(16-14-30)22-7-5-6-21(27)25(22)28/h5-11,18H,3-4,12-17H2,1-2H3. The summed E-state index contributed by atoms with van der Waals surface area (Å²) in [6, 6.07) is 14.0. The van der Waals surface area contributed by atoms with Crippen molar-refractivity contribution in [1.29, 1.82) is 0 Å². The molecule has 2 aromatic carbocycles.